The van der Waals surface area contributed by atoms with E-state index in [4.69, 9.17) is 9.47 Å². The van der Waals surface area contributed by atoms with Gasteiger partial charge >= 0.3 is 5.97 Å². The molecule has 1 amide bonds. The van der Waals surface area contributed by atoms with Gasteiger partial charge in [0.2, 0.25) is 5.91 Å². The molecule has 1 rings (SSSR count). The first kappa shape index (κ1) is 15.0. The quantitative estimate of drug-likeness (QED) is 0.797. The van der Waals surface area contributed by atoms with E-state index in [1.165, 1.54) is 6.92 Å². The molecule has 1 N–H and O–H groups in total. The zero-order valence-electron chi connectivity index (χ0n) is 11.4. The van der Waals surface area contributed by atoms with Crippen molar-refractivity contribution in [2.75, 3.05) is 13.7 Å². The van der Waals surface area contributed by atoms with Crippen LogP contribution in [0.25, 0.3) is 0 Å². The van der Waals surface area contributed by atoms with E-state index >= 15 is 0 Å². The lowest BCUT2D eigenvalue weighted by Crippen LogP contribution is -2.28. The van der Waals surface area contributed by atoms with Gasteiger partial charge in [-0.05, 0) is 24.6 Å². The minimum atomic E-state index is -0.387. The van der Waals surface area contributed by atoms with E-state index < -0.39 is 0 Å². The first-order valence-electron chi connectivity index (χ1n) is 6.13. The van der Waals surface area contributed by atoms with Crippen LogP contribution in [-0.4, -0.2) is 25.6 Å². The molecule has 0 saturated heterocycles. The number of esters is 1. The second kappa shape index (κ2) is 7.41. The molecular formula is C14H19NO4. The summed E-state index contributed by atoms with van der Waals surface area (Å²) < 4.78 is 9.98. The minimum absolute atomic E-state index is 0.111. The van der Waals surface area contributed by atoms with Crippen molar-refractivity contribution in [1.82, 2.24) is 5.32 Å². The van der Waals surface area contributed by atoms with Crippen LogP contribution in [0.3, 0.4) is 0 Å². The summed E-state index contributed by atoms with van der Waals surface area (Å²) >= 11 is 0. The molecule has 1 atom stereocenters. The average molecular weight is 265 g/mol. The fourth-order valence-corrected chi connectivity index (χ4v) is 1.72. The van der Waals surface area contributed by atoms with Crippen molar-refractivity contribution in [3.63, 3.8) is 0 Å². The van der Waals surface area contributed by atoms with Gasteiger partial charge in [0.25, 0.3) is 0 Å². The Labute approximate surface area is 112 Å². The second-order valence-electron chi connectivity index (χ2n) is 4.04. The molecule has 0 radical (unpaired) electrons. The summed E-state index contributed by atoms with van der Waals surface area (Å²) in [6.45, 7) is 3.49. The molecule has 19 heavy (non-hydrogen) atoms. The lowest BCUT2D eigenvalue weighted by molar-refractivity contribution is -0.143. The molecule has 1 aromatic carbocycles. The van der Waals surface area contributed by atoms with Crippen molar-refractivity contribution in [2.45, 2.75) is 26.3 Å². The van der Waals surface area contributed by atoms with E-state index in [9.17, 15) is 9.59 Å². The molecule has 104 valence electrons. The van der Waals surface area contributed by atoms with Crippen molar-refractivity contribution in [1.29, 1.82) is 0 Å². The number of rotatable bonds is 6. The number of hydrogen-bond acceptors (Lipinski definition) is 4. The van der Waals surface area contributed by atoms with Crippen molar-refractivity contribution in [3.05, 3.63) is 29.8 Å². The Hall–Kier alpha value is -2.04. The molecule has 1 aromatic rings. The zero-order valence-corrected chi connectivity index (χ0v) is 11.4. The molecule has 0 fully saturated rings. The van der Waals surface area contributed by atoms with Gasteiger partial charge in [-0.2, -0.15) is 0 Å². The highest BCUT2D eigenvalue weighted by Gasteiger charge is 2.17. The van der Waals surface area contributed by atoms with E-state index in [2.05, 4.69) is 5.32 Å². The normalized spacial score (nSPS) is 11.5. The molecule has 0 bridgehead atoms. The molecule has 5 heteroatoms. The number of nitrogens with one attached hydrogen (secondary N) is 1. The van der Waals surface area contributed by atoms with Crippen LogP contribution in [0.1, 0.15) is 31.9 Å². The molecular weight excluding hydrogens is 246 g/mol. The second-order valence-corrected chi connectivity index (χ2v) is 4.04. The van der Waals surface area contributed by atoms with Crippen LogP contribution in [-0.2, 0) is 14.3 Å². The number of carbonyl (C=O) groups excluding carboxylic acids is 2. The molecule has 0 heterocycles. The summed E-state index contributed by atoms with van der Waals surface area (Å²) in [5.74, 6) is 0.198. The Morgan fingerprint density at radius 1 is 1.26 bits per heavy atom. The summed E-state index contributed by atoms with van der Waals surface area (Å²) in [5, 5.41) is 2.74. The first-order valence-corrected chi connectivity index (χ1v) is 6.13. The average Bonchev–Trinajstić information content (AvgIpc) is 2.38. The Morgan fingerprint density at radius 2 is 1.89 bits per heavy atom. The number of methoxy groups -OCH3 is 1. The first-order chi connectivity index (χ1) is 9.06. The molecule has 0 aromatic heterocycles. The van der Waals surface area contributed by atoms with Crippen molar-refractivity contribution in [2.24, 2.45) is 0 Å². The number of amides is 1. The summed E-state index contributed by atoms with van der Waals surface area (Å²) in [6, 6.07) is 6.82. The topological polar surface area (TPSA) is 64.6 Å². The van der Waals surface area contributed by atoms with Gasteiger partial charge in [0.15, 0.2) is 0 Å². The minimum Gasteiger partial charge on any atom is -0.497 e. The van der Waals surface area contributed by atoms with E-state index in [0.29, 0.717) is 6.61 Å². The Bertz CT molecular complexity index is 428. The highest BCUT2D eigenvalue weighted by Crippen LogP contribution is 2.20. The van der Waals surface area contributed by atoms with Crippen molar-refractivity contribution >= 4 is 11.9 Å². The van der Waals surface area contributed by atoms with Crippen LogP contribution >= 0.6 is 0 Å². The smallest absolute Gasteiger partial charge is 0.308 e. The predicted molar refractivity (Wildman–Crippen MR) is 70.8 cm³/mol. The summed E-state index contributed by atoms with van der Waals surface area (Å²) in [5.41, 5.74) is 0.837. The molecule has 0 aliphatic carbocycles. The van der Waals surface area contributed by atoms with Crippen LogP contribution in [0, 0.1) is 0 Å². The van der Waals surface area contributed by atoms with Crippen molar-refractivity contribution in [3.8, 4) is 5.75 Å². The highest BCUT2D eigenvalue weighted by molar-refractivity contribution is 5.76. The maximum Gasteiger partial charge on any atom is 0.308 e. The van der Waals surface area contributed by atoms with Crippen LogP contribution in [0.15, 0.2) is 24.3 Å². The Balaban J connectivity index is 2.82. The fourth-order valence-electron chi connectivity index (χ4n) is 1.72. The van der Waals surface area contributed by atoms with Gasteiger partial charge in [0, 0.05) is 6.92 Å². The number of carbonyl (C=O) groups is 2. The number of ether oxygens (including phenoxy) is 2. The highest BCUT2D eigenvalue weighted by atomic mass is 16.5. The van der Waals surface area contributed by atoms with Gasteiger partial charge in [-0.25, -0.2) is 0 Å². The standard InChI is InChI=1S/C14H19NO4/c1-4-19-14(17)9-13(15-10(2)16)11-5-7-12(18-3)8-6-11/h5-8,13H,4,9H2,1-3H3,(H,15,16)/t13-/m0/s1. The van der Waals surface area contributed by atoms with E-state index in [0.717, 1.165) is 11.3 Å². The van der Waals surface area contributed by atoms with Gasteiger partial charge in [0.05, 0.1) is 26.2 Å². The van der Waals surface area contributed by atoms with Gasteiger partial charge < -0.3 is 14.8 Å². The number of benzene rings is 1. The van der Waals surface area contributed by atoms with Crippen LogP contribution in [0.2, 0.25) is 0 Å². The maximum absolute atomic E-state index is 11.5. The van der Waals surface area contributed by atoms with Gasteiger partial charge in [-0.15, -0.1) is 0 Å². The molecule has 0 saturated carbocycles. The summed E-state index contributed by atoms with van der Waals surface area (Å²) in [6.07, 6.45) is 0.111. The molecule has 0 aliphatic rings. The predicted octanol–water partition coefficient (Wildman–Crippen LogP) is 1.83. The van der Waals surface area contributed by atoms with Crippen LogP contribution < -0.4 is 10.1 Å². The molecule has 0 unspecified atom stereocenters. The fraction of sp³-hybridized carbons (Fsp3) is 0.429. The van der Waals surface area contributed by atoms with Crippen LogP contribution in [0.4, 0.5) is 0 Å². The Morgan fingerprint density at radius 3 is 2.37 bits per heavy atom. The number of hydrogen-bond donors (Lipinski definition) is 1. The van der Waals surface area contributed by atoms with Gasteiger partial charge in [-0.3, -0.25) is 9.59 Å². The van der Waals surface area contributed by atoms with Crippen LogP contribution in [0.5, 0.6) is 5.75 Å². The van der Waals surface area contributed by atoms with E-state index in [1.807, 2.05) is 12.1 Å². The third-order valence-corrected chi connectivity index (χ3v) is 2.57. The third-order valence-electron chi connectivity index (χ3n) is 2.57. The van der Waals surface area contributed by atoms with Crippen molar-refractivity contribution < 1.29 is 19.1 Å². The Kier molecular flexibility index (Phi) is 5.85. The van der Waals surface area contributed by atoms with Gasteiger partial charge in [0.1, 0.15) is 5.75 Å². The maximum atomic E-state index is 11.5. The summed E-state index contributed by atoms with van der Waals surface area (Å²) in [4.78, 5) is 22.7. The largest absolute Gasteiger partial charge is 0.497 e. The SMILES string of the molecule is CCOC(=O)C[C@H](NC(C)=O)c1ccc(OC)cc1. The van der Waals surface area contributed by atoms with Gasteiger partial charge in [-0.1, -0.05) is 12.1 Å². The molecule has 0 aliphatic heterocycles. The zero-order chi connectivity index (χ0) is 14.3. The lowest BCUT2D eigenvalue weighted by Gasteiger charge is -2.17. The van der Waals surface area contributed by atoms with E-state index in [1.54, 1.807) is 26.2 Å². The van der Waals surface area contributed by atoms with E-state index in [-0.39, 0.29) is 24.3 Å². The summed E-state index contributed by atoms with van der Waals surface area (Å²) in [7, 11) is 1.58. The molecule has 5 nitrogen and oxygen atoms in total. The lowest BCUT2D eigenvalue weighted by atomic mass is 10.0. The monoisotopic (exact) mass is 265 g/mol. The third kappa shape index (κ3) is 4.99. The molecule has 0 spiro atoms.